The first kappa shape index (κ1) is 23.1. The molecule has 0 atom stereocenters. The van der Waals surface area contributed by atoms with Crippen LogP contribution in [0.2, 0.25) is 0 Å². The molecule has 2 N–H and O–H groups in total. The minimum Gasteiger partial charge on any atom is -0.497 e. The molecule has 0 radical (unpaired) electrons. The molecule has 4 rings (SSSR count). The van der Waals surface area contributed by atoms with Crippen LogP contribution in [0.3, 0.4) is 0 Å². The number of guanidine groups is 1. The number of halogens is 1. The van der Waals surface area contributed by atoms with Crippen molar-refractivity contribution in [2.45, 2.75) is 44.9 Å². The van der Waals surface area contributed by atoms with Crippen molar-refractivity contribution in [1.82, 2.24) is 25.2 Å². The van der Waals surface area contributed by atoms with Crippen molar-refractivity contribution in [3.05, 3.63) is 54.0 Å². The summed E-state index contributed by atoms with van der Waals surface area (Å²) < 4.78 is 13.6. The molecule has 0 saturated heterocycles. The molecule has 0 spiro atoms. The summed E-state index contributed by atoms with van der Waals surface area (Å²) in [5.74, 6) is 3.18. The second-order valence-corrected chi connectivity index (χ2v) is 7.32. The van der Waals surface area contributed by atoms with Gasteiger partial charge in [0.15, 0.2) is 17.4 Å². The molecular formula is C22H29IN6O2. The van der Waals surface area contributed by atoms with Crippen molar-refractivity contribution in [3.8, 4) is 11.5 Å². The number of rotatable bonds is 7. The Labute approximate surface area is 199 Å². The molecule has 166 valence electrons. The summed E-state index contributed by atoms with van der Waals surface area (Å²) in [6.45, 7) is 1.10. The minimum absolute atomic E-state index is 0. The van der Waals surface area contributed by atoms with E-state index in [2.05, 4.69) is 25.8 Å². The van der Waals surface area contributed by atoms with Gasteiger partial charge in [-0.3, -0.25) is 9.39 Å². The summed E-state index contributed by atoms with van der Waals surface area (Å²) >= 11 is 0. The highest BCUT2D eigenvalue weighted by Gasteiger charge is 2.18. The molecule has 0 amide bonds. The van der Waals surface area contributed by atoms with E-state index < -0.39 is 0 Å². The summed E-state index contributed by atoms with van der Waals surface area (Å²) in [6.07, 6.45) is 6.92. The summed E-state index contributed by atoms with van der Waals surface area (Å²) in [6, 6.07) is 11.8. The van der Waals surface area contributed by atoms with E-state index in [1.54, 1.807) is 14.2 Å². The number of aliphatic imine (C=N–C) groups is 1. The van der Waals surface area contributed by atoms with Crippen LogP contribution in [0.15, 0.2) is 47.6 Å². The van der Waals surface area contributed by atoms with E-state index in [1.165, 1.54) is 12.8 Å². The minimum atomic E-state index is 0. The fourth-order valence-corrected chi connectivity index (χ4v) is 3.68. The van der Waals surface area contributed by atoms with Crippen LogP contribution in [0.25, 0.3) is 5.65 Å². The molecule has 1 aliphatic rings. The van der Waals surface area contributed by atoms with Gasteiger partial charge in [-0.05, 0) is 49.9 Å². The molecule has 1 saturated carbocycles. The van der Waals surface area contributed by atoms with Gasteiger partial charge in [0.05, 0.1) is 19.8 Å². The van der Waals surface area contributed by atoms with E-state index in [-0.39, 0.29) is 30.1 Å². The molecule has 1 fully saturated rings. The smallest absolute Gasteiger partial charge is 0.191 e. The van der Waals surface area contributed by atoms with Gasteiger partial charge in [-0.1, -0.05) is 6.07 Å². The zero-order chi connectivity index (χ0) is 20.8. The highest BCUT2D eigenvalue weighted by molar-refractivity contribution is 14.0. The van der Waals surface area contributed by atoms with Gasteiger partial charge in [-0.2, -0.15) is 0 Å². The van der Waals surface area contributed by atoms with Crippen molar-refractivity contribution in [2.75, 3.05) is 14.2 Å². The van der Waals surface area contributed by atoms with Crippen LogP contribution in [0, 0.1) is 0 Å². The largest absolute Gasteiger partial charge is 0.497 e. The fraction of sp³-hybridized carbons (Fsp3) is 0.409. The standard InChI is InChI=1S/C22H28N6O2.HI/c1-23-22(25-15-21-27-26-20-9-5-6-12-28(20)21)24-14-16-10-11-18(29-2)13-19(16)30-17-7-3-4-8-17;/h5-6,9-13,17H,3-4,7-8,14-15H2,1-2H3,(H2,23,24,25);1H. The second kappa shape index (κ2) is 11.2. The number of benzene rings is 1. The molecule has 0 aliphatic heterocycles. The van der Waals surface area contributed by atoms with Gasteiger partial charge in [0.25, 0.3) is 0 Å². The lowest BCUT2D eigenvalue weighted by Gasteiger charge is -2.18. The highest BCUT2D eigenvalue weighted by Crippen LogP contribution is 2.30. The lowest BCUT2D eigenvalue weighted by Crippen LogP contribution is -2.36. The van der Waals surface area contributed by atoms with E-state index >= 15 is 0 Å². The third-order valence-electron chi connectivity index (χ3n) is 5.34. The number of nitrogens with one attached hydrogen (secondary N) is 2. The number of hydrogen-bond donors (Lipinski definition) is 2. The van der Waals surface area contributed by atoms with Gasteiger partial charge in [-0.25, -0.2) is 0 Å². The third-order valence-corrected chi connectivity index (χ3v) is 5.34. The highest BCUT2D eigenvalue weighted by atomic mass is 127. The Hall–Kier alpha value is -2.56. The number of hydrogen-bond acceptors (Lipinski definition) is 5. The van der Waals surface area contributed by atoms with Gasteiger partial charge >= 0.3 is 0 Å². The monoisotopic (exact) mass is 536 g/mol. The summed E-state index contributed by atoms with van der Waals surface area (Å²) in [4.78, 5) is 4.32. The molecule has 9 heteroatoms. The van der Waals surface area contributed by atoms with E-state index in [1.807, 2.05) is 47.0 Å². The Morgan fingerprint density at radius 2 is 1.94 bits per heavy atom. The Kier molecular flexibility index (Phi) is 8.33. The second-order valence-electron chi connectivity index (χ2n) is 7.32. The molecule has 1 aromatic carbocycles. The van der Waals surface area contributed by atoms with Crippen molar-refractivity contribution < 1.29 is 9.47 Å². The average molecular weight is 536 g/mol. The molecule has 3 aromatic rings. The number of ether oxygens (including phenoxy) is 2. The van der Waals surface area contributed by atoms with Gasteiger partial charge in [-0.15, -0.1) is 34.2 Å². The average Bonchev–Trinajstić information content (AvgIpc) is 3.44. The quantitative estimate of drug-likeness (QED) is 0.273. The van der Waals surface area contributed by atoms with Crippen LogP contribution >= 0.6 is 24.0 Å². The van der Waals surface area contributed by atoms with Crippen molar-refractivity contribution in [1.29, 1.82) is 0 Å². The lowest BCUT2D eigenvalue weighted by molar-refractivity contribution is 0.207. The molecule has 0 bridgehead atoms. The molecule has 0 unspecified atom stereocenters. The van der Waals surface area contributed by atoms with Crippen molar-refractivity contribution >= 4 is 35.6 Å². The van der Waals surface area contributed by atoms with Gasteiger partial charge in [0, 0.05) is 31.4 Å². The Bertz CT molecular complexity index is 1020. The number of methoxy groups -OCH3 is 1. The van der Waals surface area contributed by atoms with E-state index in [4.69, 9.17) is 9.47 Å². The molecule has 8 nitrogen and oxygen atoms in total. The zero-order valence-electron chi connectivity index (χ0n) is 17.9. The maximum atomic E-state index is 6.28. The van der Waals surface area contributed by atoms with E-state index in [0.717, 1.165) is 41.4 Å². The number of nitrogens with zero attached hydrogens (tertiary/aromatic N) is 4. The van der Waals surface area contributed by atoms with Gasteiger partial charge in [0.2, 0.25) is 0 Å². The number of fused-ring (bicyclic) bond motifs is 1. The Balaban J connectivity index is 0.00000272. The number of pyridine rings is 1. The van der Waals surface area contributed by atoms with E-state index in [9.17, 15) is 0 Å². The Morgan fingerprint density at radius 1 is 1.13 bits per heavy atom. The van der Waals surface area contributed by atoms with Crippen LogP contribution in [0.1, 0.15) is 37.1 Å². The maximum Gasteiger partial charge on any atom is 0.191 e. The molecule has 2 heterocycles. The van der Waals surface area contributed by atoms with Gasteiger partial charge in [0.1, 0.15) is 11.5 Å². The van der Waals surface area contributed by atoms with Crippen molar-refractivity contribution in [3.63, 3.8) is 0 Å². The molecule has 1 aliphatic carbocycles. The predicted octanol–water partition coefficient (Wildman–Crippen LogP) is 3.54. The van der Waals surface area contributed by atoms with Crippen LogP contribution < -0.4 is 20.1 Å². The maximum absolute atomic E-state index is 6.28. The SMILES string of the molecule is CN=C(NCc1ccc(OC)cc1OC1CCCC1)NCc1nnc2ccccn12.I. The van der Waals surface area contributed by atoms with Crippen molar-refractivity contribution in [2.24, 2.45) is 4.99 Å². The Morgan fingerprint density at radius 3 is 2.71 bits per heavy atom. The zero-order valence-corrected chi connectivity index (χ0v) is 20.2. The van der Waals surface area contributed by atoms with Crippen LogP contribution in [0.5, 0.6) is 11.5 Å². The first-order valence-electron chi connectivity index (χ1n) is 10.3. The van der Waals surface area contributed by atoms with Crippen LogP contribution in [-0.4, -0.2) is 40.8 Å². The fourth-order valence-electron chi connectivity index (χ4n) is 3.68. The molecule has 31 heavy (non-hydrogen) atoms. The summed E-state index contributed by atoms with van der Waals surface area (Å²) in [7, 11) is 3.42. The number of aromatic nitrogens is 3. The molecule has 2 aromatic heterocycles. The summed E-state index contributed by atoms with van der Waals surface area (Å²) in [5.41, 5.74) is 1.89. The first-order valence-corrected chi connectivity index (χ1v) is 10.3. The molecular weight excluding hydrogens is 507 g/mol. The van der Waals surface area contributed by atoms with E-state index in [0.29, 0.717) is 19.0 Å². The first-order chi connectivity index (χ1) is 14.8. The van der Waals surface area contributed by atoms with Crippen LogP contribution in [-0.2, 0) is 13.1 Å². The van der Waals surface area contributed by atoms with Crippen LogP contribution in [0.4, 0.5) is 0 Å². The lowest BCUT2D eigenvalue weighted by atomic mass is 10.2. The normalized spacial score (nSPS) is 14.3. The predicted molar refractivity (Wildman–Crippen MR) is 131 cm³/mol. The topological polar surface area (TPSA) is 85.1 Å². The summed E-state index contributed by atoms with van der Waals surface area (Å²) in [5, 5.41) is 15.1. The third kappa shape index (κ3) is 5.78. The van der Waals surface area contributed by atoms with Gasteiger partial charge < -0.3 is 20.1 Å².